The Morgan fingerprint density at radius 3 is 2.60 bits per heavy atom. The zero-order chi connectivity index (χ0) is 18.0. The van der Waals surface area contributed by atoms with Gasteiger partial charge in [-0.3, -0.25) is 9.59 Å². The molecule has 0 aliphatic heterocycles. The summed E-state index contributed by atoms with van der Waals surface area (Å²) in [4.78, 5) is 24.6. The van der Waals surface area contributed by atoms with Gasteiger partial charge in [0.05, 0.1) is 6.42 Å². The predicted molar refractivity (Wildman–Crippen MR) is 98.5 cm³/mol. The number of hydrogen-bond acceptors (Lipinski definition) is 3. The summed E-state index contributed by atoms with van der Waals surface area (Å²) in [7, 11) is 0. The van der Waals surface area contributed by atoms with E-state index in [1.807, 2.05) is 18.2 Å². The Morgan fingerprint density at radius 2 is 1.84 bits per heavy atom. The number of aryl methyl sites for hydroxylation is 2. The Hall–Kier alpha value is -1.84. The van der Waals surface area contributed by atoms with Crippen molar-refractivity contribution < 1.29 is 14.3 Å². The lowest BCUT2D eigenvalue weighted by molar-refractivity contribution is -0.145. The van der Waals surface area contributed by atoms with Crippen LogP contribution in [0.3, 0.4) is 0 Å². The molecular weight excluding hydrogens is 359 g/mol. The van der Waals surface area contributed by atoms with E-state index in [2.05, 4.69) is 0 Å². The van der Waals surface area contributed by atoms with Crippen molar-refractivity contribution in [3.05, 3.63) is 68.7 Å². The molecule has 3 nitrogen and oxygen atoms in total. The molecule has 0 aromatic heterocycles. The summed E-state index contributed by atoms with van der Waals surface area (Å²) < 4.78 is 5.30. The van der Waals surface area contributed by atoms with Crippen LogP contribution in [0.1, 0.15) is 40.4 Å². The Kier molecular flexibility index (Phi) is 5.45. The molecule has 0 spiro atoms. The number of ether oxygens (including phenoxy) is 1. The third-order valence-electron chi connectivity index (χ3n) is 4.41. The van der Waals surface area contributed by atoms with Gasteiger partial charge in [-0.15, -0.1) is 0 Å². The summed E-state index contributed by atoms with van der Waals surface area (Å²) in [6.07, 6.45) is 2.35. The van der Waals surface area contributed by atoms with Gasteiger partial charge in [-0.05, 0) is 61.1 Å². The molecule has 1 atom stereocenters. The normalized spacial score (nSPS) is 14.0. The molecule has 1 aliphatic rings. The topological polar surface area (TPSA) is 43.4 Å². The van der Waals surface area contributed by atoms with Gasteiger partial charge in [-0.1, -0.05) is 41.4 Å². The van der Waals surface area contributed by atoms with Crippen molar-refractivity contribution in [2.75, 3.05) is 0 Å². The molecule has 0 radical (unpaired) electrons. The summed E-state index contributed by atoms with van der Waals surface area (Å²) in [6.45, 7) is 1.59. The molecule has 0 N–H and O–H groups in total. The molecule has 3 rings (SSSR count). The molecule has 25 heavy (non-hydrogen) atoms. The lowest BCUT2D eigenvalue weighted by Crippen LogP contribution is -2.25. The van der Waals surface area contributed by atoms with E-state index in [1.165, 1.54) is 11.1 Å². The maximum atomic E-state index is 12.5. The van der Waals surface area contributed by atoms with Crippen LogP contribution >= 0.6 is 23.2 Å². The van der Waals surface area contributed by atoms with Gasteiger partial charge in [-0.2, -0.15) is 0 Å². The molecule has 130 valence electrons. The Labute approximate surface area is 156 Å². The Morgan fingerprint density at radius 1 is 1.08 bits per heavy atom. The first-order valence-corrected chi connectivity index (χ1v) is 8.99. The maximum Gasteiger partial charge on any atom is 0.311 e. The second-order valence-corrected chi connectivity index (χ2v) is 7.09. The van der Waals surface area contributed by atoms with Crippen LogP contribution in [0, 0.1) is 0 Å². The lowest BCUT2D eigenvalue weighted by atomic mass is 10.0. The van der Waals surface area contributed by atoms with E-state index in [9.17, 15) is 9.59 Å². The molecule has 2 aromatic carbocycles. The summed E-state index contributed by atoms with van der Waals surface area (Å²) in [6, 6.07) is 10.6. The first-order valence-electron chi connectivity index (χ1n) is 8.23. The third-order valence-corrected chi connectivity index (χ3v) is 5.00. The van der Waals surface area contributed by atoms with Crippen LogP contribution in [-0.4, -0.2) is 17.9 Å². The number of ketones is 1. The number of fused-ring (bicyclic) bond motifs is 1. The molecule has 0 amide bonds. The van der Waals surface area contributed by atoms with Crippen LogP contribution in [-0.2, 0) is 28.8 Å². The van der Waals surface area contributed by atoms with E-state index in [0.29, 0.717) is 21.2 Å². The number of carbonyl (C=O) groups is 2. The van der Waals surface area contributed by atoms with Crippen molar-refractivity contribution >= 4 is 35.0 Å². The standard InChI is InChI=1S/C20H18Cl2O3/c1-12(20(24)16-6-5-13-3-2-4-14(13)9-16)25-19(23)10-15-7-8-17(21)11-18(15)22/h5-9,11-12H,2-4,10H2,1H3/t12-/m0/s1. The van der Waals surface area contributed by atoms with Crippen LogP contribution in [0.4, 0.5) is 0 Å². The van der Waals surface area contributed by atoms with E-state index in [-0.39, 0.29) is 12.2 Å². The molecule has 0 saturated carbocycles. The van der Waals surface area contributed by atoms with Gasteiger partial charge in [0, 0.05) is 15.6 Å². The zero-order valence-corrected chi connectivity index (χ0v) is 15.4. The lowest BCUT2D eigenvalue weighted by Gasteiger charge is -2.13. The molecule has 0 saturated heterocycles. The average Bonchev–Trinajstić information content (AvgIpc) is 3.04. The zero-order valence-electron chi connectivity index (χ0n) is 13.9. The SMILES string of the molecule is C[C@H](OC(=O)Cc1ccc(Cl)cc1Cl)C(=O)c1ccc2c(c1)CCC2. The van der Waals surface area contributed by atoms with E-state index < -0.39 is 12.1 Å². The highest BCUT2D eigenvalue weighted by Gasteiger charge is 2.22. The van der Waals surface area contributed by atoms with Gasteiger partial charge in [0.15, 0.2) is 6.10 Å². The predicted octanol–water partition coefficient (Wildman–Crippen LogP) is 4.84. The molecule has 5 heteroatoms. The number of Topliss-reactive ketones (excluding diaryl/α,β-unsaturated/α-hetero) is 1. The van der Waals surface area contributed by atoms with Crippen molar-refractivity contribution in [2.45, 2.75) is 38.7 Å². The minimum Gasteiger partial charge on any atom is -0.454 e. The van der Waals surface area contributed by atoms with Crippen molar-refractivity contribution in [1.29, 1.82) is 0 Å². The smallest absolute Gasteiger partial charge is 0.311 e. The monoisotopic (exact) mass is 376 g/mol. The number of esters is 1. The van der Waals surface area contributed by atoms with Crippen LogP contribution < -0.4 is 0 Å². The van der Waals surface area contributed by atoms with Crippen LogP contribution in [0.25, 0.3) is 0 Å². The van der Waals surface area contributed by atoms with Crippen LogP contribution in [0.15, 0.2) is 36.4 Å². The fraction of sp³-hybridized carbons (Fsp3) is 0.300. The Bertz CT molecular complexity index is 830. The second-order valence-electron chi connectivity index (χ2n) is 6.25. The second kappa shape index (κ2) is 7.59. The quantitative estimate of drug-likeness (QED) is 0.553. The highest BCUT2D eigenvalue weighted by Crippen LogP contribution is 2.24. The first-order chi connectivity index (χ1) is 11.9. The van der Waals surface area contributed by atoms with Crippen LogP contribution in [0.2, 0.25) is 10.0 Å². The van der Waals surface area contributed by atoms with Gasteiger partial charge in [0.1, 0.15) is 0 Å². The Balaban J connectivity index is 1.63. The van der Waals surface area contributed by atoms with Crippen molar-refractivity contribution in [1.82, 2.24) is 0 Å². The van der Waals surface area contributed by atoms with E-state index >= 15 is 0 Å². The van der Waals surface area contributed by atoms with Crippen molar-refractivity contribution in [3.63, 3.8) is 0 Å². The van der Waals surface area contributed by atoms with Gasteiger partial charge in [-0.25, -0.2) is 0 Å². The highest BCUT2D eigenvalue weighted by atomic mass is 35.5. The van der Waals surface area contributed by atoms with E-state index in [1.54, 1.807) is 25.1 Å². The van der Waals surface area contributed by atoms with Crippen LogP contribution in [0.5, 0.6) is 0 Å². The summed E-state index contributed by atoms with van der Waals surface area (Å²) in [5.41, 5.74) is 3.73. The maximum absolute atomic E-state index is 12.5. The largest absolute Gasteiger partial charge is 0.454 e. The van der Waals surface area contributed by atoms with Gasteiger partial charge in [0.25, 0.3) is 0 Å². The fourth-order valence-electron chi connectivity index (χ4n) is 3.07. The van der Waals surface area contributed by atoms with Gasteiger partial charge in [0.2, 0.25) is 5.78 Å². The highest BCUT2D eigenvalue weighted by molar-refractivity contribution is 6.35. The van der Waals surface area contributed by atoms with Crippen molar-refractivity contribution in [2.24, 2.45) is 0 Å². The molecule has 0 unspecified atom stereocenters. The average molecular weight is 377 g/mol. The molecular formula is C20H18Cl2O3. The first kappa shape index (κ1) is 18.0. The van der Waals surface area contributed by atoms with E-state index in [4.69, 9.17) is 27.9 Å². The molecule has 0 fully saturated rings. The third kappa shape index (κ3) is 4.23. The summed E-state index contributed by atoms with van der Waals surface area (Å²) in [5.74, 6) is -0.684. The minimum atomic E-state index is -0.835. The molecule has 0 heterocycles. The number of carbonyl (C=O) groups excluding carboxylic acids is 2. The van der Waals surface area contributed by atoms with E-state index in [0.717, 1.165) is 19.3 Å². The molecule has 0 bridgehead atoms. The number of benzene rings is 2. The number of rotatable bonds is 5. The number of halogens is 2. The van der Waals surface area contributed by atoms with Gasteiger partial charge >= 0.3 is 5.97 Å². The molecule has 2 aromatic rings. The molecule has 1 aliphatic carbocycles. The summed E-state index contributed by atoms with van der Waals surface area (Å²) >= 11 is 11.9. The number of hydrogen-bond donors (Lipinski definition) is 0. The summed E-state index contributed by atoms with van der Waals surface area (Å²) in [5, 5.41) is 0.907. The minimum absolute atomic E-state index is 0.00217. The fourth-order valence-corrected chi connectivity index (χ4v) is 3.55. The van der Waals surface area contributed by atoms with Crippen molar-refractivity contribution in [3.8, 4) is 0 Å². The van der Waals surface area contributed by atoms with Gasteiger partial charge < -0.3 is 4.74 Å².